The second-order valence-electron chi connectivity index (χ2n) is 7.55. The summed E-state index contributed by atoms with van der Waals surface area (Å²) in [5, 5.41) is 0.389. The molecule has 2 aliphatic rings. The van der Waals surface area contributed by atoms with Gasteiger partial charge in [-0.25, -0.2) is 4.39 Å². The number of benzene rings is 2. The van der Waals surface area contributed by atoms with Crippen molar-refractivity contribution in [1.82, 2.24) is 9.80 Å². The smallest absolute Gasteiger partial charge is 0.290 e. The maximum absolute atomic E-state index is 14.8. The third-order valence-electron chi connectivity index (χ3n) is 5.83. The molecule has 0 unspecified atom stereocenters. The summed E-state index contributed by atoms with van der Waals surface area (Å²) in [6, 6.07) is 12.3. The van der Waals surface area contributed by atoms with Gasteiger partial charge >= 0.3 is 0 Å². The van der Waals surface area contributed by atoms with E-state index in [4.69, 9.17) is 9.15 Å². The molecule has 0 saturated carbocycles. The van der Waals surface area contributed by atoms with Crippen LogP contribution in [0.3, 0.4) is 0 Å². The number of hydrogen-bond donors (Lipinski definition) is 0. The Bertz CT molecular complexity index is 1170. The van der Waals surface area contributed by atoms with Crippen molar-refractivity contribution in [3.05, 3.63) is 81.5 Å². The molecule has 1 amide bonds. The maximum atomic E-state index is 14.8. The topological polar surface area (TPSA) is 63.0 Å². The summed E-state index contributed by atoms with van der Waals surface area (Å²) < 4.78 is 26.0. The molecule has 154 valence electrons. The van der Waals surface area contributed by atoms with Gasteiger partial charge in [-0.3, -0.25) is 14.5 Å². The van der Waals surface area contributed by atoms with E-state index < -0.39 is 11.9 Å². The van der Waals surface area contributed by atoms with Crippen LogP contribution in [0, 0.1) is 5.82 Å². The van der Waals surface area contributed by atoms with E-state index in [0.717, 1.165) is 13.1 Å². The third-order valence-corrected chi connectivity index (χ3v) is 5.83. The van der Waals surface area contributed by atoms with Crippen LogP contribution in [0.25, 0.3) is 11.0 Å². The zero-order chi connectivity index (χ0) is 20.7. The van der Waals surface area contributed by atoms with Crippen LogP contribution in [-0.4, -0.2) is 55.1 Å². The second kappa shape index (κ2) is 7.66. The number of carbonyl (C=O) groups is 1. The largest absolute Gasteiger partial charge is 0.450 e. The van der Waals surface area contributed by atoms with Crippen LogP contribution < -0.4 is 5.43 Å². The number of hydrogen-bond acceptors (Lipinski definition) is 5. The molecule has 0 radical (unpaired) electrons. The molecule has 0 bridgehead atoms. The Hall–Kier alpha value is -3.03. The van der Waals surface area contributed by atoms with Crippen molar-refractivity contribution in [2.45, 2.75) is 6.04 Å². The summed E-state index contributed by atoms with van der Waals surface area (Å²) in [6.45, 7) is 3.83. The molecular weight excluding hydrogens is 387 g/mol. The van der Waals surface area contributed by atoms with E-state index >= 15 is 0 Å². The fourth-order valence-electron chi connectivity index (χ4n) is 4.29. The number of ether oxygens (including phenoxy) is 1. The van der Waals surface area contributed by atoms with Crippen molar-refractivity contribution in [3.63, 3.8) is 0 Å². The van der Waals surface area contributed by atoms with Crippen molar-refractivity contribution in [2.24, 2.45) is 0 Å². The van der Waals surface area contributed by atoms with Crippen LogP contribution in [0.15, 0.2) is 57.7 Å². The molecule has 3 aromatic rings. The van der Waals surface area contributed by atoms with Crippen LogP contribution in [-0.2, 0) is 4.74 Å². The third kappa shape index (κ3) is 3.11. The first-order chi connectivity index (χ1) is 14.6. The summed E-state index contributed by atoms with van der Waals surface area (Å²) in [7, 11) is 0. The summed E-state index contributed by atoms with van der Waals surface area (Å²) >= 11 is 0. The van der Waals surface area contributed by atoms with E-state index in [0.29, 0.717) is 42.8 Å². The number of amides is 1. The lowest BCUT2D eigenvalue weighted by atomic mass is 9.98. The van der Waals surface area contributed by atoms with Gasteiger partial charge < -0.3 is 14.1 Å². The van der Waals surface area contributed by atoms with Crippen molar-refractivity contribution >= 4 is 16.9 Å². The van der Waals surface area contributed by atoms with Gasteiger partial charge in [0.05, 0.1) is 30.2 Å². The summed E-state index contributed by atoms with van der Waals surface area (Å²) in [4.78, 5) is 30.4. The molecule has 7 heteroatoms. The molecular formula is C23H21FN2O4. The second-order valence-corrected chi connectivity index (χ2v) is 7.55. The predicted molar refractivity (Wildman–Crippen MR) is 109 cm³/mol. The zero-order valence-electron chi connectivity index (χ0n) is 16.3. The summed E-state index contributed by atoms with van der Waals surface area (Å²) in [5.41, 5.74) is 0.583. The molecule has 2 aliphatic heterocycles. The lowest BCUT2D eigenvalue weighted by Gasteiger charge is -2.31. The zero-order valence-corrected chi connectivity index (χ0v) is 16.3. The van der Waals surface area contributed by atoms with E-state index in [1.807, 2.05) is 0 Å². The van der Waals surface area contributed by atoms with E-state index in [-0.39, 0.29) is 22.7 Å². The quantitative estimate of drug-likeness (QED) is 0.664. The highest BCUT2D eigenvalue weighted by Crippen LogP contribution is 2.38. The van der Waals surface area contributed by atoms with Crippen LogP contribution in [0.5, 0.6) is 0 Å². The minimum absolute atomic E-state index is 0.00827. The molecule has 1 atom stereocenters. The Morgan fingerprint density at radius 1 is 0.967 bits per heavy atom. The molecule has 1 fully saturated rings. The Morgan fingerprint density at radius 2 is 1.70 bits per heavy atom. The molecule has 6 nitrogen and oxygen atoms in total. The highest BCUT2D eigenvalue weighted by molar-refractivity contribution is 5.99. The van der Waals surface area contributed by atoms with Gasteiger partial charge in [0.1, 0.15) is 11.4 Å². The summed E-state index contributed by atoms with van der Waals surface area (Å²) in [5.74, 6) is -0.824. The SMILES string of the molecule is O=C1c2oc3ccccc3c(=O)c2[C@H](c2ccccc2F)N1CCN1CCOCC1. The first kappa shape index (κ1) is 19.0. The average molecular weight is 408 g/mol. The molecule has 5 rings (SSSR count). The minimum atomic E-state index is -0.810. The molecule has 1 aromatic heterocycles. The van der Waals surface area contributed by atoms with Gasteiger partial charge in [0.15, 0.2) is 5.43 Å². The van der Waals surface area contributed by atoms with Gasteiger partial charge in [0, 0.05) is 31.7 Å². The van der Waals surface area contributed by atoms with Gasteiger partial charge in [-0.1, -0.05) is 30.3 Å². The standard InChI is InChI=1S/C23H21FN2O4/c24-17-7-3-1-5-15(17)20-19-21(27)16-6-2-4-8-18(16)30-22(19)23(28)26(20)10-9-25-11-13-29-14-12-25/h1-8,20H,9-14H2/t20-/m0/s1. The molecule has 2 aromatic carbocycles. The number of para-hydroxylation sites is 1. The van der Waals surface area contributed by atoms with Gasteiger partial charge in [-0.15, -0.1) is 0 Å². The Balaban J connectivity index is 1.61. The summed E-state index contributed by atoms with van der Waals surface area (Å²) in [6.07, 6.45) is 0. The normalized spacial score (nSPS) is 19.4. The Morgan fingerprint density at radius 3 is 2.50 bits per heavy atom. The fourth-order valence-corrected chi connectivity index (χ4v) is 4.29. The number of carbonyl (C=O) groups excluding carboxylic acids is 1. The maximum Gasteiger partial charge on any atom is 0.290 e. The first-order valence-corrected chi connectivity index (χ1v) is 10.1. The van der Waals surface area contributed by atoms with Crippen LogP contribution >= 0.6 is 0 Å². The Labute approximate surface area is 172 Å². The number of nitrogens with zero attached hydrogens (tertiary/aromatic N) is 2. The number of fused-ring (bicyclic) bond motifs is 2. The van der Waals surface area contributed by atoms with Gasteiger partial charge in [0.25, 0.3) is 5.91 Å². The van der Waals surface area contributed by atoms with Gasteiger partial charge in [-0.2, -0.15) is 0 Å². The minimum Gasteiger partial charge on any atom is -0.450 e. The molecule has 3 heterocycles. The van der Waals surface area contributed by atoms with E-state index in [9.17, 15) is 14.0 Å². The van der Waals surface area contributed by atoms with Crippen molar-refractivity contribution < 1.29 is 18.3 Å². The predicted octanol–water partition coefficient (Wildman–Crippen LogP) is 2.81. The number of morpholine rings is 1. The number of halogens is 1. The molecule has 0 spiro atoms. The molecule has 30 heavy (non-hydrogen) atoms. The van der Waals surface area contributed by atoms with E-state index in [2.05, 4.69) is 4.90 Å². The van der Waals surface area contributed by atoms with Gasteiger partial charge in [-0.05, 0) is 18.2 Å². The van der Waals surface area contributed by atoms with Crippen LogP contribution in [0.4, 0.5) is 4.39 Å². The first-order valence-electron chi connectivity index (χ1n) is 10.1. The van der Waals surface area contributed by atoms with Crippen LogP contribution in [0.1, 0.15) is 27.7 Å². The van der Waals surface area contributed by atoms with E-state index in [1.54, 1.807) is 47.4 Å². The van der Waals surface area contributed by atoms with Crippen molar-refractivity contribution in [1.29, 1.82) is 0 Å². The highest BCUT2D eigenvalue weighted by atomic mass is 19.1. The molecule has 1 saturated heterocycles. The van der Waals surface area contributed by atoms with Crippen molar-refractivity contribution in [2.75, 3.05) is 39.4 Å². The van der Waals surface area contributed by atoms with Gasteiger partial charge in [0.2, 0.25) is 5.76 Å². The van der Waals surface area contributed by atoms with Crippen molar-refractivity contribution in [3.8, 4) is 0 Å². The monoisotopic (exact) mass is 408 g/mol. The fraction of sp³-hybridized carbons (Fsp3) is 0.304. The highest BCUT2D eigenvalue weighted by Gasteiger charge is 2.43. The van der Waals surface area contributed by atoms with E-state index in [1.165, 1.54) is 6.07 Å². The molecule has 0 N–H and O–H groups in total. The lowest BCUT2D eigenvalue weighted by molar-refractivity contribution is 0.0314. The number of rotatable bonds is 4. The van der Waals surface area contributed by atoms with Crippen LogP contribution in [0.2, 0.25) is 0 Å². The molecule has 0 aliphatic carbocycles. The Kier molecular flexibility index (Phi) is 4.84. The average Bonchev–Trinajstić information content (AvgIpc) is 3.05. The lowest BCUT2D eigenvalue weighted by Crippen LogP contribution is -2.42.